The third kappa shape index (κ3) is 2.17. The second-order valence-corrected chi connectivity index (χ2v) is 3.64. The van der Waals surface area contributed by atoms with Crippen LogP contribution < -0.4 is 5.32 Å². The van der Waals surface area contributed by atoms with Gasteiger partial charge in [-0.25, -0.2) is 0 Å². The first-order chi connectivity index (χ1) is 6.34. The summed E-state index contributed by atoms with van der Waals surface area (Å²) in [6.45, 7) is 0. The maximum atomic E-state index is 5.82. The Morgan fingerprint density at radius 3 is 3.00 bits per heavy atom. The number of hydrogen-bond donors (Lipinski definition) is 1. The summed E-state index contributed by atoms with van der Waals surface area (Å²) >= 11 is 7.13. The van der Waals surface area contributed by atoms with Crippen LogP contribution in [0.25, 0.3) is 0 Å². The molecule has 2 aromatic rings. The molecule has 2 rings (SSSR count). The second-order valence-electron chi connectivity index (χ2n) is 2.42. The van der Waals surface area contributed by atoms with E-state index in [-0.39, 0.29) is 0 Å². The summed E-state index contributed by atoms with van der Waals surface area (Å²) in [5, 5.41) is 8.46. The predicted octanol–water partition coefficient (Wildman–Crippen LogP) is 2.94. The van der Waals surface area contributed by atoms with Crippen LogP contribution in [0.2, 0.25) is 5.02 Å². The Kier molecular flexibility index (Phi) is 2.42. The monoisotopic (exact) mass is 211 g/mol. The molecule has 0 fully saturated rings. The summed E-state index contributed by atoms with van der Waals surface area (Å²) in [7, 11) is 0. The fourth-order valence-electron chi connectivity index (χ4n) is 0.931. The molecular formula is C8H6ClN3S. The molecule has 1 aromatic heterocycles. The van der Waals surface area contributed by atoms with Gasteiger partial charge in [0.05, 0.1) is 6.20 Å². The van der Waals surface area contributed by atoms with Gasteiger partial charge in [-0.05, 0) is 18.2 Å². The number of aromatic nitrogens is 2. The van der Waals surface area contributed by atoms with Crippen molar-refractivity contribution in [3.8, 4) is 0 Å². The zero-order chi connectivity index (χ0) is 9.10. The first kappa shape index (κ1) is 8.47. The normalized spacial score (nSPS) is 9.92. The lowest BCUT2D eigenvalue weighted by atomic mass is 10.3. The van der Waals surface area contributed by atoms with Crippen LogP contribution in [0.4, 0.5) is 10.7 Å². The molecule has 0 atom stereocenters. The highest BCUT2D eigenvalue weighted by atomic mass is 35.5. The SMILES string of the molecule is Clc1cccc(Nc2cnns2)c1. The molecule has 0 radical (unpaired) electrons. The van der Waals surface area contributed by atoms with Gasteiger partial charge in [0.15, 0.2) is 0 Å². The molecule has 0 saturated carbocycles. The van der Waals surface area contributed by atoms with Crippen molar-refractivity contribution in [1.82, 2.24) is 9.59 Å². The van der Waals surface area contributed by atoms with Crippen molar-refractivity contribution >= 4 is 33.8 Å². The van der Waals surface area contributed by atoms with Gasteiger partial charge in [-0.1, -0.05) is 22.2 Å². The maximum Gasteiger partial charge on any atom is 0.134 e. The lowest BCUT2D eigenvalue weighted by Gasteiger charge is -2.01. The second kappa shape index (κ2) is 3.72. The number of rotatable bonds is 2. The Balaban J connectivity index is 2.19. The van der Waals surface area contributed by atoms with Gasteiger partial charge in [0.1, 0.15) is 5.00 Å². The summed E-state index contributed by atoms with van der Waals surface area (Å²) < 4.78 is 3.74. The van der Waals surface area contributed by atoms with E-state index in [0.717, 1.165) is 10.7 Å². The van der Waals surface area contributed by atoms with E-state index in [4.69, 9.17) is 11.6 Å². The molecule has 0 spiro atoms. The van der Waals surface area contributed by atoms with E-state index in [0.29, 0.717) is 5.02 Å². The average Bonchev–Trinajstić information content (AvgIpc) is 2.57. The van der Waals surface area contributed by atoms with Crippen LogP contribution in [0.1, 0.15) is 0 Å². The standard InChI is InChI=1S/C8H6ClN3S/c9-6-2-1-3-7(4-6)11-8-5-10-12-13-8/h1-5,11H. The zero-order valence-electron chi connectivity index (χ0n) is 6.57. The average molecular weight is 212 g/mol. The summed E-state index contributed by atoms with van der Waals surface area (Å²) in [5.74, 6) is 0. The molecule has 0 aliphatic carbocycles. The minimum Gasteiger partial charge on any atom is -0.345 e. The van der Waals surface area contributed by atoms with Crippen molar-refractivity contribution in [1.29, 1.82) is 0 Å². The molecule has 0 unspecified atom stereocenters. The number of halogens is 1. The molecule has 1 N–H and O–H groups in total. The van der Waals surface area contributed by atoms with Crippen LogP contribution in [-0.2, 0) is 0 Å². The summed E-state index contributed by atoms with van der Waals surface area (Å²) in [5.41, 5.74) is 0.943. The van der Waals surface area contributed by atoms with Gasteiger partial charge >= 0.3 is 0 Å². The molecule has 0 amide bonds. The van der Waals surface area contributed by atoms with Crippen LogP contribution in [0.15, 0.2) is 30.5 Å². The van der Waals surface area contributed by atoms with E-state index < -0.39 is 0 Å². The van der Waals surface area contributed by atoms with Crippen molar-refractivity contribution < 1.29 is 0 Å². The Hall–Kier alpha value is -1.13. The molecule has 0 bridgehead atoms. The maximum absolute atomic E-state index is 5.82. The van der Waals surface area contributed by atoms with Gasteiger partial charge in [0, 0.05) is 22.2 Å². The highest BCUT2D eigenvalue weighted by Crippen LogP contribution is 2.20. The van der Waals surface area contributed by atoms with Crippen LogP contribution in [0.3, 0.4) is 0 Å². The lowest BCUT2D eigenvalue weighted by Crippen LogP contribution is -1.85. The minimum absolute atomic E-state index is 0.711. The first-order valence-electron chi connectivity index (χ1n) is 3.64. The fraction of sp³-hybridized carbons (Fsp3) is 0. The van der Waals surface area contributed by atoms with Crippen molar-refractivity contribution in [3.05, 3.63) is 35.5 Å². The topological polar surface area (TPSA) is 37.8 Å². The van der Waals surface area contributed by atoms with Crippen LogP contribution in [0, 0.1) is 0 Å². The molecule has 3 nitrogen and oxygen atoms in total. The predicted molar refractivity (Wildman–Crippen MR) is 54.6 cm³/mol. The molecular weight excluding hydrogens is 206 g/mol. The number of hydrogen-bond acceptors (Lipinski definition) is 4. The van der Waals surface area contributed by atoms with Gasteiger partial charge in [0.25, 0.3) is 0 Å². The van der Waals surface area contributed by atoms with Crippen molar-refractivity contribution in [3.63, 3.8) is 0 Å². The number of nitrogens with one attached hydrogen (secondary N) is 1. The van der Waals surface area contributed by atoms with Crippen LogP contribution >= 0.6 is 23.1 Å². The van der Waals surface area contributed by atoms with E-state index in [2.05, 4.69) is 14.9 Å². The first-order valence-corrected chi connectivity index (χ1v) is 4.80. The van der Waals surface area contributed by atoms with Crippen molar-refractivity contribution in [2.45, 2.75) is 0 Å². The molecule has 0 aliphatic heterocycles. The third-order valence-electron chi connectivity index (χ3n) is 1.45. The Morgan fingerprint density at radius 2 is 2.31 bits per heavy atom. The van der Waals surface area contributed by atoms with Gasteiger partial charge in [-0.2, -0.15) is 0 Å². The van der Waals surface area contributed by atoms with E-state index in [9.17, 15) is 0 Å². The van der Waals surface area contributed by atoms with Gasteiger partial charge in [-0.3, -0.25) is 0 Å². The van der Waals surface area contributed by atoms with Gasteiger partial charge in [-0.15, -0.1) is 5.10 Å². The van der Waals surface area contributed by atoms with E-state index in [1.165, 1.54) is 11.5 Å². The quantitative estimate of drug-likeness (QED) is 0.830. The fourth-order valence-corrected chi connectivity index (χ4v) is 1.56. The van der Waals surface area contributed by atoms with Crippen LogP contribution in [0.5, 0.6) is 0 Å². The highest BCUT2D eigenvalue weighted by Gasteiger charge is 1.96. The molecule has 5 heteroatoms. The van der Waals surface area contributed by atoms with Gasteiger partial charge < -0.3 is 5.32 Å². The van der Waals surface area contributed by atoms with Gasteiger partial charge in [0.2, 0.25) is 0 Å². The largest absolute Gasteiger partial charge is 0.345 e. The Morgan fingerprint density at radius 1 is 1.38 bits per heavy atom. The lowest BCUT2D eigenvalue weighted by molar-refractivity contribution is 1.16. The smallest absolute Gasteiger partial charge is 0.134 e. The Bertz CT molecular complexity index is 388. The summed E-state index contributed by atoms with van der Waals surface area (Å²) in [6, 6.07) is 7.50. The minimum atomic E-state index is 0.711. The molecule has 0 saturated heterocycles. The number of nitrogens with zero attached hydrogens (tertiary/aromatic N) is 2. The van der Waals surface area contributed by atoms with E-state index >= 15 is 0 Å². The molecule has 66 valence electrons. The van der Waals surface area contributed by atoms with Crippen LogP contribution in [-0.4, -0.2) is 9.59 Å². The molecule has 13 heavy (non-hydrogen) atoms. The number of anilines is 2. The van der Waals surface area contributed by atoms with E-state index in [1.54, 1.807) is 6.20 Å². The van der Waals surface area contributed by atoms with Crippen molar-refractivity contribution in [2.75, 3.05) is 5.32 Å². The molecule has 0 aliphatic rings. The molecule has 1 aromatic carbocycles. The Labute approximate surface area is 84.5 Å². The zero-order valence-corrected chi connectivity index (χ0v) is 8.14. The number of benzene rings is 1. The van der Waals surface area contributed by atoms with Crippen molar-refractivity contribution in [2.24, 2.45) is 0 Å². The molecule has 1 heterocycles. The van der Waals surface area contributed by atoms with E-state index in [1.807, 2.05) is 24.3 Å². The highest BCUT2D eigenvalue weighted by molar-refractivity contribution is 7.09. The summed E-state index contributed by atoms with van der Waals surface area (Å²) in [4.78, 5) is 0. The summed E-state index contributed by atoms with van der Waals surface area (Å²) in [6.07, 6.45) is 1.67. The third-order valence-corrected chi connectivity index (χ3v) is 2.27.